The number of hydrogen-bond acceptors (Lipinski definition) is 3. The fourth-order valence-corrected chi connectivity index (χ4v) is 2.71. The van der Waals surface area contributed by atoms with Crippen LogP contribution in [0.15, 0.2) is 21.2 Å². The van der Waals surface area contributed by atoms with Crippen molar-refractivity contribution in [3.8, 4) is 0 Å². The number of aliphatic hydroxyl groups is 1. The monoisotopic (exact) mass is 287 g/mol. The predicted octanol–water partition coefficient (Wildman–Crippen LogP) is 2.68. The third-order valence-corrected chi connectivity index (χ3v) is 3.74. The van der Waals surface area contributed by atoms with Crippen molar-refractivity contribution in [3.05, 3.63) is 22.6 Å². The lowest BCUT2D eigenvalue weighted by molar-refractivity contribution is 0.151. The van der Waals surface area contributed by atoms with Gasteiger partial charge in [0.1, 0.15) is 5.76 Å². The summed E-state index contributed by atoms with van der Waals surface area (Å²) in [6.07, 6.45) is 4.80. The first-order chi connectivity index (χ1) is 7.79. The first-order valence-electron chi connectivity index (χ1n) is 5.88. The second-order valence-corrected chi connectivity index (χ2v) is 5.20. The van der Waals surface area contributed by atoms with E-state index in [0.29, 0.717) is 18.6 Å². The molecule has 0 saturated heterocycles. The molecule has 2 N–H and O–H groups in total. The molecule has 0 radical (unpaired) electrons. The van der Waals surface area contributed by atoms with E-state index in [1.807, 2.05) is 12.1 Å². The van der Waals surface area contributed by atoms with Crippen LogP contribution in [0.4, 0.5) is 0 Å². The third kappa shape index (κ3) is 3.09. The van der Waals surface area contributed by atoms with Gasteiger partial charge in [-0.2, -0.15) is 0 Å². The van der Waals surface area contributed by atoms with Crippen LogP contribution >= 0.6 is 15.9 Å². The van der Waals surface area contributed by atoms with E-state index in [-0.39, 0.29) is 0 Å². The van der Waals surface area contributed by atoms with Crippen molar-refractivity contribution in [2.24, 2.45) is 5.92 Å². The van der Waals surface area contributed by atoms with Crippen molar-refractivity contribution >= 4 is 15.9 Å². The molecule has 90 valence electrons. The zero-order chi connectivity index (χ0) is 11.4. The lowest BCUT2D eigenvalue weighted by atomic mass is 9.85. The minimum absolute atomic E-state index is 0.291. The Kier molecular flexibility index (Phi) is 4.44. The van der Waals surface area contributed by atoms with Crippen molar-refractivity contribution < 1.29 is 9.52 Å². The van der Waals surface area contributed by atoms with Crippen molar-refractivity contribution in [1.82, 2.24) is 5.32 Å². The molecule has 0 aliphatic heterocycles. The van der Waals surface area contributed by atoms with Gasteiger partial charge in [0.05, 0.1) is 6.54 Å². The zero-order valence-electron chi connectivity index (χ0n) is 9.29. The van der Waals surface area contributed by atoms with Crippen LogP contribution in [0.3, 0.4) is 0 Å². The van der Waals surface area contributed by atoms with Crippen LogP contribution in [0.2, 0.25) is 0 Å². The van der Waals surface area contributed by atoms with Gasteiger partial charge in [0, 0.05) is 12.6 Å². The Morgan fingerprint density at radius 2 is 2.19 bits per heavy atom. The number of aliphatic hydroxyl groups excluding tert-OH is 1. The first kappa shape index (κ1) is 12.1. The largest absolute Gasteiger partial charge is 0.453 e. The van der Waals surface area contributed by atoms with Gasteiger partial charge in [-0.3, -0.25) is 0 Å². The zero-order valence-corrected chi connectivity index (χ0v) is 10.9. The van der Waals surface area contributed by atoms with Crippen molar-refractivity contribution in [2.75, 3.05) is 6.61 Å². The molecule has 0 aromatic carbocycles. The van der Waals surface area contributed by atoms with Gasteiger partial charge in [-0.25, -0.2) is 0 Å². The minimum atomic E-state index is 0.291. The van der Waals surface area contributed by atoms with Gasteiger partial charge in [-0.05, 0) is 46.8 Å². The summed E-state index contributed by atoms with van der Waals surface area (Å²) in [6.45, 7) is 1.03. The Labute approximate surface area is 104 Å². The van der Waals surface area contributed by atoms with E-state index in [9.17, 15) is 5.11 Å². The molecule has 0 bridgehead atoms. The van der Waals surface area contributed by atoms with Gasteiger partial charge in [-0.15, -0.1) is 0 Å². The highest BCUT2D eigenvalue weighted by atomic mass is 79.9. The van der Waals surface area contributed by atoms with Crippen LogP contribution in [-0.4, -0.2) is 17.8 Å². The molecule has 16 heavy (non-hydrogen) atoms. The summed E-state index contributed by atoms with van der Waals surface area (Å²) in [5.74, 6) is 1.35. The Hall–Kier alpha value is -0.320. The van der Waals surface area contributed by atoms with Crippen LogP contribution in [0.1, 0.15) is 31.4 Å². The quantitative estimate of drug-likeness (QED) is 0.895. The topological polar surface area (TPSA) is 45.4 Å². The molecule has 0 amide bonds. The molecule has 2 rings (SSSR count). The molecular formula is C12H18BrNO2. The molecule has 1 fully saturated rings. The highest BCUT2D eigenvalue weighted by molar-refractivity contribution is 9.10. The van der Waals surface area contributed by atoms with Crippen molar-refractivity contribution in [1.29, 1.82) is 0 Å². The van der Waals surface area contributed by atoms with Crippen LogP contribution in [0.5, 0.6) is 0 Å². The normalized spacial score (nSPS) is 25.9. The molecule has 0 spiro atoms. The maximum absolute atomic E-state index is 9.29. The fraction of sp³-hybridized carbons (Fsp3) is 0.667. The summed E-state index contributed by atoms with van der Waals surface area (Å²) < 4.78 is 6.21. The lowest BCUT2D eigenvalue weighted by Crippen LogP contribution is -2.39. The smallest absolute Gasteiger partial charge is 0.169 e. The molecule has 2 unspecified atom stereocenters. The van der Waals surface area contributed by atoms with E-state index in [1.54, 1.807) is 0 Å². The van der Waals surface area contributed by atoms with Crippen LogP contribution < -0.4 is 5.32 Å². The van der Waals surface area contributed by atoms with E-state index in [1.165, 1.54) is 12.8 Å². The Balaban J connectivity index is 1.84. The SMILES string of the molecule is OCC1CCCCC1NCc1ccc(Br)o1. The number of nitrogens with one attached hydrogen (secondary N) is 1. The molecular weight excluding hydrogens is 270 g/mol. The Morgan fingerprint density at radius 1 is 1.38 bits per heavy atom. The molecule has 1 aliphatic rings. The summed E-state index contributed by atoms with van der Waals surface area (Å²) in [5, 5.41) is 12.8. The first-order valence-corrected chi connectivity index (χ1v) is 6.67. The summed E-state index contributed by atoms with van der Waals surface area (Å²) in [5.41, 5.74) is 0. The molecule has 1 heterocycles. The van der Waals surface area contributed by atoms with Crippen LogP contribution in [0.25, 0.3) is 0 Å². The number of hydrogen-bond donors (Lipinski definition) is 2. The van der Waals surface area contributed by atoms with Crippen LogP contribution in [-0.2, 0) is 6.54 Å². The van der Waals surface area contributed by atoms with Gasteiger partial charge in [0.2, 0.25) is 0 Å². The summed E-state index contributed by atoms with van der Waals surface area (Å²) in [4.78, 5) is 0. The number of furan rings is 1. The average Bonchev–Trinajstić information content (AvgIpc) is 2.73. The number of rotatable bonds is 4. The van der Waals surface area contributed by atoms with Gasteiger partial charge in [0.25, 0.3) is 0 Å². The van der Waals surface area contributed by atoms with E-state index in [4.69, 9.17) is 4.42 Å². The highest BCUT2D eigenvalue weighted by Gasteiger charge is 2.23. The summed E-state index contributed by atoms with van der Waals surface area (Å²) >= 11 is 3.29. The average molecular weight is 288 g/mol. The number of halogens is 1. The van der Waals surface area contributed by atoms with E-state index < -0.39 is 0 Å². The van der Waals surface area contributed by atoms with Gasteiger partial charge in [-0.1, -0.05) is 12.8 Å². The van der Waals surface area contributed by atoms with E-state index in [0.717, 1.165) is 29.8 Å². The molecule has 1 aromatic rings. The molecule has 1 aliphatic carbocycles. The highest BCUT2D eigenvalue weighted by Crippen LogP contribution is 2.24. The Bertz CT molecular complexity index is 327. The summed E-state index contributed by atoms with van der Waals surface area (Å²) in [6, 6.07) is 4.30. The molecule has 1 aromatic heterocycles. The van der Waals surface area contributed by atoms with E-state index >= 15 is 0 Å². The lowest BCUT2D eigenvalue weighted by Gasteiger charge is -2.30. The van der Waals surface area contributed by atoms with Crippen molar-refractivity contribution in [3.63, 3.8) is 0 Å². The van der Waals surface area contributed by atoms with E-state index in [2.05, 4.69) is 21.2 Å². The Morgan fingerprint density at radius 3 is 2.88 bits per heavy atom. The standard InChI is InChI=1S/C12H18BrNO2/c13-12-6-5-10(16-12)7-14-11-4-2-1-3-9(11)8-15/h5-6,9,11,14-15H,1-4,7-8H2. The predicted molar refractivity (Wildman–Crippen MR) is 66.1 cm³/mol. The van der Waals surface area contributed by atoms with Gasteiger partial charge in [0.15, 0.2) is 4.67 Å². The molecule has 1 saturated carbocycles. The maximum Gasteiger partial charge on any atom is 0.169 e. The summed E-state index contributed by atoms with van der Waals surface area (Å²) in [7, 11) is 0. The van der Waals surface area contributed by atoms with Gasteiger partial charge >= 0.3 is 0 Å². The van der Waals surface area contributed by atoms with Crippen LogP contribution in [0, 0.1) is 5.92 Å². The molecule has 3 nitrogen and oxygen atoms in total. The second kappa shape index (κ2) is 5.84. The minimum Gasteiger partial charge on any atom is -0.453 e. The van der Waals surface area contributed by atoms with Crippen molar-refractivity contribution in [2.45, 2.75) is 38.3 Å². The second-order valence-electron chi connectivity index (χ2n) is 4.42. The molecule has 4 heteroatoms. The molecule has 2 atom stereocenters. The fourth-order valence-electron chi connectivity index (χ4n) is 2.37. The van der Waals surface area contributed by atoms with Gasteiger partial charge < -0.3 is 14.8 Å². The maximum atomic E-state index is 9.29. The third-order valence-electron chi connectivity index (χ3n) is 3.31.